The lowest BCUT2D eigenvalue weighted by atomic mass is 10.0. The molecule has 0 aliphatic rings. The van der Waals surface area contributed by atoms with Gasteiger partial charge < -0.3 is 10.6 Å². The molecule has 3 rings (SSSR count). The molecule has 0 unspecified atom stereocenters. The molecule has 7 heteroatoms. The quantitative estimate of drug-likeness (QED) is 0.515. The van der Waals surface area contributed by atoms with Crippen molar-refractivity contribution in [2.24, 2.45) is 0 Å². The molecule has 132 valence electrons. The number of rotatable bonds is 5. The first-order chi connectivity index (χ1) is 12.6. The summed E-state index contributed by atoms with van der Waals surface area (Å²) in [4.78, 5) is 12.3. The van der Waals surface area contributed by atoms with Crippen LogP contribution in [0, 0.1) is 0 Å². The Labute approximate surface area is 153 Å². The maximum absolute atomic E-state index is 12.3. The van der Waals surface area contributed by atoms with Gasteiger partial charge in [0, 0.05) is 16.9 Å². The van der Waals surface area contributed by atoms with E-state index in [0.29, 0.717) is 17.1 Å². The zero-order valence-electron chi connectivity index (χ0n) is 13.7. The van der Waals surface area contributed by atoms with Crippen molar-refractivity contribution in [2.75, 3.05) is 15.4 Å². The molecule has 0 atom stereocenters. The van der Waals surface area contributed by atoms with Crippen LogP contribution in [-0.4, -0.2) is 14.4 Å². The molecule has 0 spiro atoms. The third-order valence-corrected chi connectivity index (χ3v) is 4.06. The third kappa shape index (κ3) is 4.61. The van der Waals surface area contributed by atoms with Crippen molar-refractivity contribution in [1.82, 2.24) is 0 Å². The Morgan fingerprint density at radius 3 is 2.00 bits per heavy atom. The van der Waals surface area contributed by atoms with Crippen molar-refractivity contribution < 1.29 is 13.2 Å². The van der Waals surface area contributed by atoms with Gasteiger partial charge in [0.1, 0.15) is 0 Å². The molecule has 3 aromatic carbocycles. The molecular formula is C19H17N3O3S. The maximum atomic E-state index is 12.3. The Kier molecular flexibility index (Phi) is 5.50. The molecule has 0 aliphatic carbocycles. The minimum atomic E-state index is -2.71. The Morgan fingerprint density at radius 1 is 0.692 bits per heavy atom. The second kappa shape index (κ2) is 8.17. The molecule has 3 N–H and O–H groups in total. The van der Waals surface area contributed by atoms with E-state index in [2.05, 4.69) is 15.4 Å². The summed E-state index contributed by atoms with van der Waals surface area (Å²) in [5, 5.41) is 5.56. The fraction of sp³-hybridized carbons (Fsp3) is 0. The molecule has 6 nitrogen and oxygen atoms in total. The molecule has 0 aromatic heterocycles. The second-order valence-electron chi connectivity index (χ2n) is 5.44. The van der Waals surface area contributed by atoms with Gasteiger partial charge in [-0.05, 0) is 35.9 Å². The van der Waals surface area contributed by atoms with Crippen molar-refractivity contribution in [3.8, 4) is 11.1 Å². The van der Waals surface area contributed by atoms with Gasteiger partial charge in [0.25, 0.3) is 0 Å². The summed E-state index contributed by atoms with van der Waals surface area (Å²) in [5.74, 6) is 0. The highest BCUT2D eigenvalue weighted by Crippen LogP contribution is 2.27. The number of thiol groups is 1. The van der Waals surface area contributed by atoms with E-state index in [4.69, 9.17) is 0 Å². The minimum absolute atomic E-state index is 0.385. The van der Waals surface area contributed by atoms with Crippen LogP contribution in [0.15, 0.2) is 78.9 Å². The van der Waals surface area contributed by atoms with Gasteiger partial charge in [-0.15, -0.1) is 0 Å². The number of amides is 2. The van der Waals surface area contributed by atoms with Gasteiger partial charge in [-0.3, -0.25) is 4.72 Å². The smallest absolute Gasteiger partial charge is 0.308 e. The predicted octanol–water partition coefficient (Wildman–Crippen LogP) is 3.94. The average Bonchev–Trinajstić information content (AvgIpc) is 2.64. The van der Waals surface area contributed by atoms with E-state index >= 15 is 0 Å². The van der Waals surface area contributed by atoms with Crippen molar-refractivity contribution in [3.05, 3.63) is 78.9 Å². The highest BCUT2D eigenvalue weighted by atomic mass is 32.2. The Balaban J connectivity index is 1.71. The largest absolute Gasteiger partial charge is 0.323 e. The Bertz CT molecular complexity index is 963. The molecule has 0 bridgehead atoms. The van der Waals surface area contributed by atoms with Crippen LogP contribution in [0.2, 0.25) is 0 Å². The number of urea groups is 1. The molecule has 0 heterocycles. The molecule has 3 aromatic rings. The first-order valence-corrected chi connectivity index (χ1v) is 9.03. The SMILES string of the molecule is O=C(Nc1ccc(N[SH](=O)=O)cc1)Nc1ccccc1-c1ccccc1. The van der Waals surface area contributed by atoms with Gasteiger partial charge in [0.15, 0.2) is 0 Å². The van der Waals surface area contributed by atoms with Gasteiger partial charge >= 0.3 is 6.03 Å². The van der Waals surface area contributed by atoms with Gasteiger partial charge in [-0.2, -0.15) is 0 Å². The summed E-state index contributed by atoms with van der Waals surface area (Å²) in [6.07, 6.45) is 0. The van der Waals surface area contributed by atoms with E-state index in [1.807, 2.05) is 54.6 Å². The van der Waals surface area contributed by atoms with E-state index in [1.165, 1.54) is 0 Å². The van der Waals surface area contributed by atoms with Crippen LogP contribution in [-0.2, 0) is 10.9 Å². The third-order valence-electron chi connectivity index (χ3n) is 3.62. The molecule has 0 fully saturated rings. The molecule has 0 radical (unpaired) electrons. The van der Waals surface area contributed by atoms with Crippen molar-refractivity contribution in [3.63, 3.8) is 0 Å². The first kappa shape index (κ1) is 17.5. The number of hydrogen-bond acceptors (Lipinski definition) is 3. The zero-order valence-corrected chi connectivity index (χ0v) is 14.6. The average molecular weight is 367 g/mol. The van der Waals surface area contributed by atoms with E-state index < -0.39 is 10.9 Å². The van der Waals surface area contributed by atoms with Crippen LogP contribution in [0.1, 0.15) is 0 Å². The normalized spacial score (nSPS) is 10.3. The number of para-hydroxylation sites is 1. The second-order valence-corrected chi connectivity index (χ2v) is 6.17. The fourth-order valence-corrected chi connectivity index (χ4v) is 2.84. The van der Waals surface area contributed by atoms with Crippen molar-refractivity contribution in [2.45, 2.75) is 0 Å². The zero-order chi connectivity index (χ0) is 18.4. The van der Waals surface area contributed by atoms with Crippen LogP contribution in [0.25, 0.3) is 11.1 Å². The van der Waals surface area contributed by atoms with Crippen molar-refractivity contribution >= 4 is 34.0 Å². The number of hydrogen-bond donors (Lipinski definition) is 4. The van der Waals surface area contributed by atoms with Crippen LogP contribution in [0.3, 0.4) is 0 Å². The Morgan fingerprint density at radius 2 is 1.31 bits per heavy atom. The lowest BCUT2D eigenvalue weighted by Gasteiger charge is -2.12. The van der Waals surface area contributed by atoms with E-state index in [-0.39, 0.29) is 6.03 Å². The van der Waals surface area contributed by atoms with Crippen LogP contribution in [0.4, 0.5) is 21.9 Å². The summed E-state index contributed by atoms with van der Waals surface area (Å²) in [5.41, 5.74) is 3.60. The minimum Gasteiger partial charge on any atom is -0.308 e. The lowest BCUT2D eigenvalue weighted by Crippen LogP contribution is -2.19. The number of benzene rings is 3. The molecule has 2 amide bonds. The number of anilines is 3. The van der Waals surface area contributed by atoms with Crippen LogP contribution < -0.4 is 15.4 Å². The van der Waals surface area contributed by atoms with Crippen molar-refractivity contribution in [1.29, 1.82) is 0 Å². The van der Waals surface area contributed by atoms with E-state index in [1.54, 1.807) is 24.3 Å². The summed E-state index contributed by atoms with van der Waals surface area (Å²) in [6, 6.07) is 23.3. The molecule has 26 heavy (non-hydrogen) atoms. The topological polar surface area (TPSA) is 87.3 Å². The summed E-state index contributed by atoms with van der Waals surface area (Å²) < 4.78 is 23.5. The molecule has 0 saturated heterocycles. The Hall–Kier alpha value is -3.32. The highest BCUT2D eigenvalue weighted by molar-refractivity contribution is 7.73. The monoisotopic (exact) mass is 367 g/mol. The molecular weight excluding hydrogens is 350 g/mol. The van der Waals surface area contributed by atoms with E-state index in [0.717, 1.165) is 11.1 Å². The van der Waals surface area contributed by atoms with Gasteiger partial charge in [0.05, 0.1) is 5.69 Å². The lowest BCUT2D eigenvalue weighted by molar-refractivity contribution is 0.262. The summed E-state index contributed by atoms with van der Waals surface area (Å²) in [6.45, 7) is 0. The molecule has 0 saturated carbocycles. The van der Waals surface area contributed by atoms with Gasteiger partial charge in [0.2, 0.25) is 10.9 Å². The van der Waals surface area contributed by atoms with Gasteiger partial charge in [-0.1, -0.05) is 48.5 Å². The number of nitrogens with one attached hydrogen (secondary N) is 3. The number of carbonyl (C=O) groups is 1. The van der Waals surface area contributed by atoms with Crippen LogP contribution in [0.5, 0.6) is 0 Å². The predicted molar refractivity (Wildman–Crippen MR) is 105 cm³/mol. The van der Waals surface area contributed by atoms with Crippen LogP contribution >= 0.6 is 0 Å². The highest BCUT2D eigenvalue weighted by Gasteiger charge is 2.08. The number of carbonyl (C=O) groups excluding carboxylic acids is 1. The summed E-state index contributed by atoms with van der Waals surface area (Å²) >= 11 is 0. The van der Waals surface area contributed by atoms with Gasteiger partial charge in [-0.25, -0.2) is 13.2 Å². The summed E-state index contributed by atoms with van der Waals surface area (Å²) in [7, 11) is -2.71. The first-order valence-electron chi connectivity index (χ1n) is 7.85. The van der Waals surface area contributed by atoms with E-state index in [9.17, 15) is 13.2 Å². The standard InChI is InChI=1S/C19H17N3O3S/c23-19(20-15-10-12-16(13-11-15)22-26(24)25)21-18-9-5-4-8-17(18)14-6-2-1-3-7-14/h1-13,26H,(H2,20,21,23)(H,22,24,25). The maximum Gasteiger partial charge on any atom is 0.323 e. The molecule has 0 aliphatic heterocycles. The fourth-order valence-electron chi connectivity index (χ4n) is 2.48.